The molecule has 84 valence electrons. The van der Waals surface area contributed by atoms with Crippen LogP contribution in [0, 0.1) is 0 Å². The molecule has 1 N–H and O–H groups in total. The van der Waals surface area contributed by atoms with Crippen molar-refractivity contribution in [1.82, 2.24) is 4.59 Å². The Morgan fingerprint density at radius 3 is 2.69 bits per heavy atom. The van der Waals surface area contributed by atoms with E-state index in [0.717, 1.165) is 5.69 Å². The maximum Gasteiger partial charge on any atom is 0.223 e. The van der Waals surface area contributed by atoms with Crippen molar-refractivity contribution >= 4 is 41.6 Å². The molecule has 1 unspecified atom stereocenters. The Morgan fingerprint density at radius 2 is 2.12 bits per heavy atom. The molecule has 1 aromatic rings. The number of aliphatic hydroxyl groups is 1. The van der Waals surface area contributed by atoms with Gasteiger partial charge in [0.25, 0.3) is 0 Å². The van der Waals surface area contributed by atoms with Crippen LogP contribution >= 0.6 is 23.2 Å². The monoisotopic (exact) mass is 258 g/mol. The number of hydrogen-bond donors (Lipinski definition) is 1. The fraction of sp³-hybridized carbons (Fsp3) is 0.200. The van der Waals surface area contributed by atoms with Crippen LogP contribution in [-0.2, 0) is 0 Å². The first-order chi connectivity index (χ1) is 7.68. The van der Waals surface area contributed by atoms with E-state index < -0.39 is 0 Å². The van der Waals surface area contributed by atoms with Crippen molar-refractivity contribution in [2.75, 3.05) is 13.2 Å². The van der Waals surface area contributed by atoms with Crippen LogP contribution in [0.25, 0.3) is 0 Å². The van der Waals surface area contributed by atoms with Crippen molar-refractivity contribution in [3.05, 3.63) is 28.2 Å². The van der Waals surface area contributed by atoms with Crippen LogP contribution in [0.15, 0.2) is 28.3 Å². The topological polar surface area (TPSA) is 45.0 Å². The zero-order chi connectivity index (χ0) is 11.6. The lowest BCUT2D eigenvalue weighted by molar-refractivity contribution is 0.257. The lowest BCUT2D eigenvalue weighted by Crippen LogP contribution is -2.43. The third kappa shape index (κ3) is 1.97. The summed E-state index contributed by atoms with van der Waals surface area (Å²) >= 11 is 12.0. The molecular formula is C10H10Cl2N3O+. The molecule has 0 saturated heterocycles. The summed E-state index contributed by atoms with van der Waals surface area (Å²) in [5, 5.41) is 14.4. The van der Waals surface area contributed by atoms with Crippen molar-refractivity contribution in [2.24, 2.45) is 10.1 Å². The number of nitrogens with zero attached hydrogens (tertiary/aromatic N) is 3. The largest absolute Gasteiger partial charge is 0.390 e. The first-order valence-corrected chi connectivity index (χ1v) is 5.46. The van der Waals surface area contributed by atoms with Gasteiger partial charge in [0.05, 0.1) is 6.61 Å². The van der Waals surface area contributed by atoms with Gasteiger partial charge in [0.1, 0.15) is 11.6 Å². The Morgan fingerprint density at radius 1 is 1.31 bits per heavy atom. The van der Waals surface area contributed by atoms with Gasteiger partial charge in [0.2, 0.25) is 6.34 Å². The Balaban J connectivity index is 2.48. The fourth-order valence-electron chi connectivity index (χ4n) is 1.60. The SMILES string of the molecule is OCC[N+]1(c2ccc(Cl)cc2Cl)C=NC=N1. The standard InChI is InChI=1S/C10H10Cl2N3O/c11-8-1-2-10(9(12)5-8)15(3-4-16)7-13-6-14-15/h1-2,5-7,16H,3-4H2/q+1. The molecular weight excluding hydrogens is 249 g/mol. The summed E-state index contributed by atoms with van der Waals surface area (Å²) in [7, 11) is 0. The van der Waals surface area contributed by atoms with Crippen LogP contribution in [-0.4, -0.2) is 30.9 Å². The summed E-state index contributed by atoms with van der Waals surface area (Å²) in [5.41, 5.74) is 0.748. The molecule has 1 heterocycles. The highest BCUT2D eigenvalue weighted by atomic mass is 35.5. The summed E-state index contributed by atoms with van der Waals surface area (Å²) in [4.78, 5) is 3.95. The molecule has 6 heteroatoms. The van der Waals surface area contributed by atoms with Crippen molar-refractivity contribution in [3.8, 4) is 0 Å². The first kappa shape index (κ1) is 11.5. The van der Waals surface area contributed by atoms with E-state index in [1.54, 1.807) is 24.5 Å². The quantitative estimate of drug-likeness (QED) is 0.831. The predicted molar refractivity (Wildman–Crippen MR) is 67.2 cm³/mol. The Kier molecular flexibility index (Phi) is 3.25. The highest BCUT2D eigenvalue weighted by Crippen LogP contribution is 2.33. The van der Waals surface area contributed by atoms with Crippen LogP contribution in [0.2, 0.25) is 10.0 Å². The number of hydrogen-bond acceptors (Lipinski definition) is 3. The predicted octanol–water partition coefficient (Wildman–Crippen LogP) is 2.28. The minimum Gasteiger partial charge on any atom is -0.390 e. The van der Waals surface area contributed by atoms with E-state index in [1.807, 2.05) is 0 Å². The van der Waals surface area contributed by atoms with Crippen LogP contribution < -0.4 is 4.59 Å². The Bertz CT molecular complexity index is 447. The van der Waals surface area contributed by atoms with Crippen molar-refractivity contribution < 1.29 is 5.11 Å². The molecule has 16 heavy (non-hydrogen) atoms. The summed E-state index contributed by atoms with van der Waals surface area (Å²) in [6.07, 6.45) is 3.08. The van der Waals surface area contributed by atoms with E-state index in [2.05, 4.69) is 10.1 Å². The average molecular weight is 259 g/mol. The maximum atomic E-state index is 9.08. The molecule has 0 radical (unpaired) electrons. The molecule has 4 nitrogen and oxygen atoms in total. The third-order valence-corrected chi connectivity index (χ3v) is 2.89. The Labute approximate surface area is 103 Å². The summed E-state index contributed by atoms with van der Waals surface area (Å²) in [6.45, 7) is 0.379. The average Bonchev–Trinajstić information content (AvgIpc) is 2.67. The van der Waals surface area contributed by atoms with E-state index in [-0.39, 0.29) is 11.2 Å². The third-order valence-electron chi connectivity index (χ3n) is 2.35. The Hall–Kier alpha value is -0.940. The van der Waals surface area contributed by atoms with Gasteiger partial charge >= 0.3 is 0 Å². The van der Waals surface area contributed by atoms with E-state index in [9.17, 15) is 0 Å². The smallest absolute Gasteiger partial charge is 0.223 e. The lowest BCUT2D eigenvalue weighted by atomic mass is 10.3. The summed E-state index contributed by atoms with van der Waals surface area (Å²) in [5.74, 6) is 0. The van der Waals surface area contributed by atoms with E-state index in [4.69, 9.17) is 28.3 Å². The number of benzene rings is 1. The number of rotatable bonds is 3. The van der Waals surface area contributed by atoms with Gasteiger partial charge in [-0.15, -0.1) is 4.59 Å². The minimum atomic E-state index is -0.0116. The molecule has 0 bridgehead atoms. The van der Waals surface area contributed by atoms with E-state index in [1.165, 1.54) is 6.34 Å². The van der Waals surface area contributed by atoms with E-state index >= 15 is 0 Å². The van der Waals surface area contributed by atoms with Gasteiger partial charge in [-0.05, 0) is 12.1 Å². The molecule has 0 fully saturated rings. The number of halogens is 2. The second kappa shape index (κ2) is 4.51. The minimum absolute atomic E-state index is 0.0116. The maximum absolute atomic E-state index is 9.08. The van der Waals surface area contributed by atoms with Gasteiger partial charge in [-0.3, -0.25) is 0 Å². The number of quaternary nitrogens is 1. The zero-order valence-electron chi connectivity index (χ0n) is 8.35. The molecule has 0 spiro atoms. The fourth-order valence-corrected chi connectivity index (χ4v) is 2.15. The molecule has 1 aliphatic heterocycles. The normalized spacial score (nSPS) is 22.9. The van der Waals surface area contributed by atoms with Gasteiger partial charge in [-0.2, -0.15) is 4.99 Å². The van der Waals surface area contributed by atoms with E-state index in [0.29, 0.717) is 16.6 Å². The van der Waals surface area contributed by atoms with Gasteiger partial charge < -0.3 is 5.11 Å². The van der Waals surface area contributed by atoms with Crippen molar-refractivity contribution in [3.63, 3.8) is 0 Å². The second-order valence-electron chi connectivity index (χ2n) is 3.37. The molecule has 0 aliphatic carbocycles. The van der Waals surface area contributed by atoms with Crippen LogP contribution in [0.4, 0.5) is 5.69 Å². The molecule has 0 amide bonds. The van der Waals surface area contributed by atoms with Gasteiger partial charge in [0, 0.05) is 11.1 Å². The molecule has 1 aromatic carbocycles. The van der Waals surface area contributed by atoms with Crippen molar-refractivity contribution in [2.45, 2.75) is 0 Å². The van der Waals surface area contributed by atoms with Crippen LogP contribution in [0.3, 0.4) is 0 Å². The molecule has 2 rings (SSSR count). The van der Waals surface area contributed by atoms with Gasteiger partial charge in [-0.1, -0.05) is 28.3 Å². The van der Waals surface area contributed by atoms with Gasteiger partial charge in [0.15, 0.2) is 12.0 Å². The molecule has 1 aliphatic rings. The molecule has 1 atom stereocenters. The van der Waals surface area contributed by atoms with Crippen LogP contribution in [0.1, 0.15) is 0 Å². The summed E-state index contributed by atoms with van der Waals surface area (Å²) in [6, 6.07) is 5.17. The number of aliphatic hydroxyl groups excluding tert-OH is 1. The summed E-state index contributed by atoms with van der Waals surface area (Å²) < 4.78 is 0.0759. The van der Waals surface area contributed by atoms with Gasteiger partial charge in [-0.25, -0.2) is 0 Å². The van der Waals surface area contributed by atoms with Crippen LogP contribution in [0.5, 0.6) is 0 Å². The highest BCUT2D eigenvalue weighted by molar-refractivity contribution is 6.36. The highest BCUT2D eigenvalue weighted by Gasteiger charge is 2.33. The molecule has 0 saturated carbocycles. The lowest BCUT2D eigenvalue weighted by Gasteiger charge is -2.23. The second-order valence-corrected chi connectivity index (χ2v) is 4.21. The number of aliphatic imine (C=N–C) groups is 1. The van der Waals surface area contributed by atoms with Crippen molar-refractivity contribution in [1.29, 1.82) is 0 Å². The first-order valence-electron chi connectivity index (χ1n) is 4.70. The zero-order valence-corrected chi connectivity index (χ0v) is 9.86. The molecule has 0 aromatic heterocycles.